The van der Waals surface area contributed by atoms with Crippen molar-refractivity contribution < 1.29 is 18.7 Å². The summed E-state index contributed by atoms with van der Waals surface area (Å²) in [6.45, 7) is 4.23. The third-order valence-corrected chi connectivity index (χ3v) is 6.49. The highest BCUT2D eigenvalue weighted by Gasteiger charge is 2.26. The molecular formula is C25H29FN4O3. The number of aryl methyl sites for hydroxylation is 1. The van der Waals surface area contributed by atoms with Gasteiger partial charge in [0.1, 0.15) is 11.3 Å². The Kier molecular flexibility index (Phi) is 5.93. The van der Waals surface area contributed by atoms with Crippen molar-refractivity contribution in [3.8, 4) is 22.6 Å². The number of amides is 1. The van der Waals surface area contributed by atoms with Gasteiger partial charge in [-0.1, -0.05) is 0 Å². The molecule has 174 valence electrons. The Hall–Kier alpha value is -3.13. The summed E-state index contributed by atoms with van der Waals surface area (Å²) in [7, 11) is 1.44. The molecule has 0 spiro atoms. The standard InChI is InChI=1S/C25H29FN4O3/c1-14-22(25(31)30-16-5-8-27-9-6-16)24-23(29-14)17(7-10-28-24)18-11-21(32-2)19(26)12-20(18)33-13-15-3-4-15/h7,10-12,15-16,27,29H,3-6,8-9,13H2,1-2H3,(H,30,31). The summed E-state index contributed by atoms with van der Waals surface area (Å²) < 4.78 is 25.8. The maximum atomic E-state index is 14.5. The number of piperidine rings is 1. The van der Waals surface area contributed by atoms with Gasteiger partial charge >= 0.3 is 0 Å². The van der Waals surface area contributed by atoms with E-state index < -0.39 is 5.82 Å². The molecule has 0 unspecified atom stereocenters. The lowest BCUT2D eigenvalue weighted by atomic mass is 10.0. The van der Waals surface area contributed by atoms with Crippen LogP contribution in [0.3, 0.4) is 0 Å². The maximum absolute atomic E-state index is 14.5. The van der Waals surface area contributed by atoms with Crippen LogP contribution in [0.1, 0.15) is 41.7 Å². The van der Waals surface area contributed by atoms with Crippen LogP contribution >= 0.6 is 0 Å². The van der Waals surface area contributed by atoms with Crippen LogP contribution in [0.15, 0.2) is 24.4 Å². The fourth-order valence-corrected chi connectivity index (χ4v) is 4.45. The first-order valence-electron chi connectivity index (χ1n) is 11.5. The third kappa shape index (κ3) is 4.39. The second-order valence-electron chi connectivity index (χ2n) is 8.94. The van der Waals surface area contributed by atoms with Gasteiger partial charge in [-0.15, -0.1) is 0 Å². The normalized spacial score (nSPS) is 16.7. The Morgan fingerprint density at radius 3 is 2.70 bits per heavy atom. The highest BCUT2D eigenvalue weighted by Crippen LogP contribution is 2.40. The quantitative estimate of drug-likeness (QED) is 0.505. The zero-order valence-corrected chi connectivity index (χ0v) is 19.0. The fourth-order valence-electron chi connectivity index (χ4n) is 4.45. The predicted octanol–water partition coefficient (Wildman–Crippen LogP) is 3.96. The lowest BCUT2D eigenvalue weighted by molar-refractivity contribution is 0.0930. The molecule has 7 nitrogen and oxygen atoms in total. The largest absolute Gasteiger partial charge is 0.494 e. The lowest BCUT2D eigenvalue weighted by Crippen LogP contribution is -2.42. The molecule has 1 aromatic carbocycles. The Morgan fingerprint density at radius 2 is 1.97 bits per heavy atom. The maximum Gasteiger partial charge on any atom is 0.255 e. The number of hydrogen-bond donors (Lipinski definition) is 3. The summed E-state index contributed by atoms with van der Waals surface area (Å²) in [5.41, 5.74) is 4.08. The molecule has 8 heteroatoms. The smallest absolute Gasteiger partial charge is 0.255 e. The molecule has 3 aromatic rings. The van der Waals surface area contributed by atoms with Gasteiger partial charge in [0.05, 0.1) is 24.8 Å². The van der Waals surface area contributed by atoms with Gasteiger partial charge in [-0.2, -0.15) is 0 Å². The van der Waals surface area contributed by atoms with E-state index in [9.17, 15) is 9.18 Å². The molecule has 2 aliphatic rings. The number of pyridine rings is 1. The monoisotopic (exact) mass is 452 g/mol. The third-order valence-electron chi connectivity index (χ3n) is 6.49. The van der Waals surface area contributed by atoms with Gasteiger partial charge in [-0.25, -0.2) is 4.39 Å². The number of aromatic nitrogens is 2. The van der Waals surface area contributed by atoms with Gasteiger partial charge in [0, 0.05) is 35.1 Å². The van der Waals surface area contributed by atoms with Crippen LogP contribution in [0.2, 0.25) is 0 Å². The van der Waals surface area contributed by atoms with E-state index in [-0.39, 0.29) is 17.7 Å². The van der Waals surface area contributed by atoms with Crippen LogP contribution in [0.25, 0.3) is 22.2 Å². The lowest BCUT2D eigenvalue weighted by Gasteiger charge is -2.23. The zero-order valence-electron chi connectivity index (χ0n) is 19.0. The average molecular weight is 453 g/mol. The molecule has 1 aliphatic heterocycles. The van der Waals surface area contributed by atoms with Crippen LogP contribution in [-0.2, 0) is 0 Å². The van der Waals surface area contributed by atoms with E-state index in [4.69, 9.17) is 9.47 Å². The Labute approximate surface area is 192 Å². The summed E-state index contributed by atoms with van der Waals surface area (Å²) in [5, 5.41) is 6.47. The first-order chi connectivity index (χ1) is 16.0. The van der Waals surface area contributed by atoms with Gasteiger partial charge in [-0.05, 0) is 63.7 Å². The second-order valence-corrected chi connectivity index (χ2v) is 8.94. The molecule has 5 rings (SSSR count). The molecule has 3 N–H and O–H groups in total. The number of halogens is 1. The van der Waals surface area contributed by atoms with E-state index in [2.05, 4.69) is 20.6 Å². The van der Waals surface area contributed by atoms with E-state index in [0.717, 1.165) is 55.5 Å². The Morgan fingerprint density at radius 1 is 1.18 bits per heavy atom. The minimum absolute atomic E-state index is 0.128. The number of methoxy groups -OCH3 is 1. The van der Waals surface area contributed by atoms with Crippen molar-refractivity contribution in [3.63, 3.8) is 0 Å². The number of nitrogens with one attached hydrogen (secondary N) is 3. The van der Waals surface area contributed by atoms with E-state index in [0.29, 0.717) is 34.9 Å². The van der Waals surface area contributed by atoms with Crippen LogP contribution in [0.5, 0.6) is 11.5 Å². The van der Waals surface area contributed by atoms with Crippen LogP contribution in [0.4, 0.5) is 4.39 Å². The van der Waals surface area contributed by atoms with E-state index in [1.807, 2.05) is 13.0 Å². The molecule has 1 saturated carbocycles. The number of fused-ring (bicyclic) bond motifs is 1. The van der Waals surface area contributed by atoms with Gasteiger partial charge in [0.25, 0.3) is 5.91 Å². The highest BCUT2D eigenvalue weighted by atomic mass is 19.1. The Balaban J connectivity index is 1.55. The first-order valence-corrected chi connectivity index (χ1v) is 11.5. The number of aromatic amines is 1. The topological polar surface area (TPSA) is 88.3 Å². The number of benzene rings is 1. The van der Waals surface area contributed by atoms with Crippen LogP contribution < -0.4 is 20.1 Å². The van der Waals surface area contributed by atoms with E-state index in [1.54, 1.807) is 12.3 Å². The molecule has 0 bridgehead atoms. The minimum atomic E-state index is -0.470. The van der Waals surface area contributed by atoms with Crippen LogP contribution in [0, 0.1) is 18.7 Å². The van der Waals surface area contributed by atoms with Crippen molar-refractivity contribution in [2.45, 2.75) is 38.6 Å². The average Bonchev–Trinajstić information content (AvgIpc) is 3.58. The second kappa shape index (κ2) is 9.02. The summed E-state index contributed by atoms with van der Waals surface area (Å²) in [6, 6.07) is 5.03. The summed E-state index contributed by atoms with van der Waals surface area (Å²) in [5.74, 6) is 0.527. The number of ether oxygens (including phenoxy) is 2. The van der Waals surface area contributed by atoms with Crippen LogP contribution in [-0.4, -0.2) is 48.7 Å². The Bertz CT molecular complexity index is 1180. The van der Waals surface area contributed by atoms with Crippen molar-refractivity contribution in [1.29, 1.82) is 0 Å². The van der Waals surface area contributed by atoms with Crippen molar-refractivity contribution in [3.05, 3.63) is 41.5 Å². The SMILES string of the molecule is COc1cc(-c2ccnc3c(C(=O)NC4CCNCC4)c(C)[nH]c23)c(OCC2CC2)cc1F. The molecule has 2 aromatic heterocycles. The van der Waals surface area contributed by atoms with Gasteiger partial charge in [0.2, 0.25) is 0 Å². The van der Waals surface area contributed by atoms with Crippen molar-refractivity contribution in [1.82, 2.24) is 20.6 Å². The van der Waals surface area contributed by atoms with Crippen molar-refractivity contribution >= 4 is 16.9 Å². The molecule has 1 amide bonds. The fraction of sp³-hybridized carbons (Fsp3) is 0.440. The molecule has 2 fully saturated rings. The van der Waals surface area contributed by atoms with E-state index >= 15 is 0 Å². The zero-order chi connectivity index (χ0) is 22.9. The first kappa shape index (κ1) is 21.7. The summed E-state index contributed by atoms with van der Waals surface area (Å²) >= 11 is 0. The van der Waals surface area contributed by atoms with E-state index in [1.165, 1.54) is 13.2 Å². The molecular weight excluding hydrogens is 423 g/mol. The van der Waals surface area contributed by atoms with Crippen molar-refractivity contribution in [2.24, 2.45) is 5.92 Å². The van der Waals surface area contributed by atoms with Crippen molar-refractivity contribution in [2.75, 3.05) is 26.8 Å². The molecule has 1 aliphatic carbocycles. The predicted molar refractivity (Wildman–Crippen MR) is 124 cm³/mol. The minimum Gasteiger partial charge on any atom is -0.494 e. The highest BCUT2D eigenvalue weighted by molar-refractivity contribution is 6.09. The molecule has 33 heavy (non-hydrogen) atoms. The molecule has 0 atom stereocenters. The van der Waals surface area contributed by atoms with Gasteiger partial charge in [0.15, 0.2) is 11.6 Å². The van der Waals surface area contributed by atoms with Gasteiger partial charge < -0.3 is 25.1 Å². The number of carbonyl (C=O) groups excluding carboxylic acids is 1. The molecule has 0 radical (unpaired) electrons. The number of rotatable bonds is 7. The number of hydrogen-bond acceptors (Lipinski definition) is 5. The molecule has 3 heterocycles. The summed E-state index contributed by atoms with van der Waals surface area (Å²) in [4.78, 5) is 21.0. The molecule has 1 saturated heterocycles. The number of H-pyrrole nitrogens is 1. The number of nitrogens with zero attached hydrogens (tertiary/aromatic N) is 1. The number of carbonyl (C=O) groups is 1. The van der Waals surface area contributed by atoms with Gasteiger partial charge in [-0.3, -0.25) is 9.78 Å². The summed E-state index contributed by atoms with van der Waals surface area (Å²) in [6.07, 6.45) is 5.76.